The summed E-state index contributed by atoms with van der Waals surface area (Å²) < 4.78 is 68.4. The monoisotopic (exact) mass is 1380 g/mol. The Labute approximate surface area is 575 Å². The standard InChI is InChI=1S/C75H146O17P2/c1-5-9-13-17-21-25-29-31-32-33-34-35-36-37-38-39-42-46-50-54-58-62-75(80)92-71(66-86-73(78)60-56-52-48-44-41-30-26-22-18-14-10-6-2)68-90-94(83,84)88-64-69(76)63-87-93(81,82)89-67-70(65-85-72(77)59-55-51-47-43-28-24-20-16-12-8-4)91-74(79)61-57-53-49-45-40-27-23-19-15-11-7-3/h69-71,76H,5-68H2,1-4H3,(H,81,82)(H,83,84)/t69-,70+,71+/m0/s1. The zero-order valence-corrected chi connectivity index (χ0v) is 62.7. The highest BCUT2D eigenvalue weighted by atomic mass is 31.2. The van der Waals surface area contributed by atoms with Crippen LogP contribution in [0.25, 0.3) is 0 Å². The summed E-state index contributed by atoms with van der Waals surface area (Å²) in [4.78, 5) is 72.7. The Balaban J connectivity index is 5.17. The lowest BCUT2D eigenvalue weighted by Gasteiger charge is -2.21. The highest BCUT2D eigenvalue weighted by molar-refractivity contribution is 7.47. The van der Waals surface area contributed by atoms with Crippen LogP contribution >= 0.6 is 15.6 Å². The fourth-order valence-corrected chi connectivity index (χ4v) is 13.2. The van der Waals surface area contributed by atoms with Crippen molar-refractivity contribution in [1.82, 2.24) is 0 Å². The van der Waals surface area contributed by atoms with Gasteiger partial charge in [-0.25, -0.2) is 9.13 Å². The molecule has 19 heteroatoms. The first-order chi connectivity index (χ1) is 45.7. The SMILES string of the molecule is CCCCCCCCCCCCCCCCCCCCCCCC(=O)O[C@H](COC(=O)CCCCCCCCCCCCCC)COP(=O)(O)OC[C@@H](O)COP(=O)(O)OC[C@@H](COC(=O)CCCCCCCCCCCC)OC(=O)CCCCCCCCCCCCC. The first-order valence-corrected chi connectivity index (χ1v) is 42.3. The molecule has 0 saturated heterocycles. The van der Waals surface area contributed by atoms with Gasteiger partial charge in [0, 0.05) is 25.7 Å². The molecule has 2 unspecified atom stereocenters. The highest BCUT2D eigenvalue weighted by Crippen LogP contribution is 2.45. The minimum Gasteiger partial charge on any atom is -0.462 e. The third kappa shape index (κ3) is 68.6. The number of carbonyl (C=O) groups excluding carboxylic acids is 4. The second kappa shape index (κ2) is 69.5. The summed E-state index contributed by atoms with van der Waals surface area (Å²) in [6.45, 7) is 4.97. The molecule has 0 bridgehead atoms. The largest absolute Gasteiger partial charge is 0.472 e. The van der Waals surface area contributed by atoms with Gasteiger partial charge in [0.1, 0.15) is 19.3 Å². The van der Waals surface area contributed by atoms with Crippen molar-refractivity contribution in [2.45, 2.75) is 418 Å². The smallest absolute Gasteiger partial charge is 0.462 e. The first-order valence-electron chi connectivity index (χ1n) is 39.3. The molecule has 94 heavy (non-hydrogen) atoms. The average Bonchev–Trinajstić information content (AvgIpc) is 2.49. The van der Waals surface area contributed by atoms with Crippen LogP contribution in [0.2, 0.25) is 0 Å². The van der Waals surface area contributed by atoms with Gasteiger partial charge in [0.05, 0.1) is 26.4 Å². The Morgan fingerprint density at radius 3 is 0.628 bits per heavy atom. The fraction of sp³-hybridized carbons (Fsp3) is 0.947. The molecule has 0 aliphatic carbocycles. The second-order valence-electron chi connectivity index (χ2n) is 27.0. The maximum atomic E-state index is 13.1. The van der Waals surface area contributed by atoms with Gasteiger partial charge in [0.15, 0.2) is 12.2 Å². The van der Waals surface area contributed by atoms with E-state index in [0.717, 1.165) is 89.9 Å². The van der Waals surface area contributed by atoms with Crippen LogP contribution in [0.3, 0.4) is 0 Å². The van der Waals surface area contributed by atoms with Gasteiger partial charge in [0.25, 0.3) is 0 Å². The number of unbranched alkanes of at least 4 members (excludes halogenated alkanes) is 50. The van der Waals surface area contributed by atoms with E-state index < -0.39 is 97.5 Å². The van der Waals surface area contributed by atoms with Crippen molar-refractivity contribution in [3.05, 3.63) is 0 Å². The molecular formula is C75H146O17P2. The van der Waals surface area contributed by atoms with Gasteiger partial charge < -0.3 is 33.8 Å². The van der Waals surface area contributed by atoms with Crippen molar-refractivity contribution in [3.63, 3.8) is 0 Å². The number of aliphatic hydroxyl groups is 1. The highest BCUT2D eigenvalue weighted by Gasteiger charge is 2.30. The summed E-state index contributed by atoms with van der Waals surface area (Å²) in [6.07, 6.45) is 59.6. The topological polar surface area (TPSA) is 237 Å². The van der Waals surface area contributed by atoms with Crippen LogP contribution in [0.5, 0.6) is 0 Å². The van der Waals surface area contributed by atoms with Gasteiger partial charge in [-0.2, -0.15) is 0 Å². The van der Waals surface area contributed by atoms with E-state index in [-0.39, 0.29) is 25.7 Å². The molecule has 0 saturated carbocycles. The number of hydrogen-bond acceptors (Lipinski definition) is 15. The molecule has 5 atom stereocenters. The number of esters is 4. The Bertz CT molecular complexity index is 1790. The van der Waals surface area contributed by atoms with Crippen LogP contribution in [0.4, 0.5) is 0 Å². The van der Waals surface area contributed by atoms with Gasteiger partial charge >= 0.3 is 39.5 Å². The zero-order valence-electron chi connectivity index (χ0n) is 60.9. The number of carbonyl (C=O) groups is 4. The molecule has 3 N–H and O–H groups in total. The molecule has 0 aromatic rings. The van der Waals surface area contributed by atoms with Gasteiger partial charge in [-0.05, 0) is 25.7 Å². The normalized spacial score (nSPS) is 13.9. The van der Waals surface area contributed by atoms with Crippen molar-refractivity contribution in [3.8, 4) is 0 Å². The van der Waals surface area contributed by atoms with E-state index >= 15 is 0 Å². The summed E-state index contributed by atoms with van der Waals surface area (Å²) in [5.74, 6) is -2.11. The van der Waals surface area contributed by atoms with Gasteiger partial charge in [-0.1, -0.05) is 349 Å². The summed E-state index contributed by atoms with van der Waals surface area (Å²) in [7, 11) is -9.90. The number of phosphoric ester groups is 2. The maximum absolute atomic E-state index is 13.1. The van der Waals surface area contributed by atoms with Crippen LogP contribution in [0.1, 0.15) is 400 Å². The molecular weight excluding hydrogens is 1230 g/mol. The third-order valence-electron chi connectivity index (χ3n) is 17.6. The molecule has 0 amide bonds. The predicted octanol–water partition coefficient (Wildman–Crippen LogP) is 22.2. The molecule has 0 aliphatic heterocycles. The van der Waals surface area contributed by atoms with Crippen molar-refractivity contribution in [2.24, 2.45) is 0 Å². The van der Waals surface area contributed by atoms with E-state index in [0.29, 0.717) is 25.7 Å². The third-order valence-corrected chi connectivity index (χ3v) is 19.5. The van der Waals surface area contributed by atoms with Crippen LogP contribution in [-0.2, 0) is 65.4 Å². The summed E-state index contributed by atoms with van der Waals surface area (Å²) in [5, 5.41) is 10.6. The Hall–Kier alpha value is -1.94. The van der Waals surface area contributed by atoms with E-state index in [2.05, 4.69) is 27.7 Å². The maximum Gasteiger partial charge on any atom is 0.472 e. The number of hydrogen-bond donors (Lipinski definition) is 3. The van der Waals surface area contributed by atoms with E-state index in [4.69, 9.17) is 37.0 Å². The lowest BCUT2D eigenvalue weighted by Crippen LogP contribution is -2.30. The molecule has 0 aromatic heterocycles. The molecule has 0 heterocycles. The van der Waals surface area contributed by atoms with Crippen LogP contribution < -0.4 is 0 Å². The van der Waals surface area contributed by atoms with Crippen LogP contribution in [0, 0.1) is 0 Å². The lowest BCUT2D eigenvalue weighted by molar-refractivity contribution is -0.161. The van der Waals surface area contributed by atoms with E-state index in [1.165, 1.54) is 231 Å². The Kier molecular flexibility index (Phi) is 68.1. The van der Waals surface area contributed by atoms with Crippen molar-refractivity contribution in [1.29, 1.82) is 0 Å². The van der Waals surface area contributed by atoms with E-state index in [1.807, 2.05) is 0 Å². The van der Waals surface area contributed by atoms with Crippen molar-refractivity contribution in [2.75, 3.05) is 39.6 Å². The van der Waals surface area contributed by atoms with E-state index in [9.17, 15) is 43.2 Å². The van der Waals surface area contributed by atoms with Gasteiger partial charge in [-0.3, -0.25) is 37.3 Å². The second-order valence-corrected chi connectivity index (χ2v) is 29.9. The Morgan fingerprint density at radius 1 is 0.255 bits per heavy atom. The fourth-order valence-electron chi connectivity index (χ4n) is 11.6. The van der Waals surface area contributed by atoms with Gasteiger partial charge in [-0.15, -0.1) is 0 Å². The number of rotatable bonds is 76. The Morgan fingerprint density at radius 2 is 0.426 bits per heavy atom. The lowest BCUT2D eigenvalue weighted by atomic mass is 10.0. The zero-order chi connectivity index (χ0) is 69.0. The number of phosphoric acid groups is 2. The molecule has 0 spiro atoms. The quantitative estimate of drug-likeness (QED) is 0.0222. The van der Waals surface area contributed by atoms with Gasteiger partial charge in [0.2, 0.25) is 0 Å². The molecule has 0 aromatic carbocycles. The molecule has 0 radical (unpaired) electrons. The molecule has 0 aliphatic rings. The first kappa shape index (κ1) is 92.1. The number of aliphatic hydroxyl groups excluding tert-OH is 1. The summed E-state index contributed by atoms with van der Waals surface area (Å²) >= 11 is 0. The van der Waals surface area contributed by atoms with Crippen molar-refractivity contribution >= 4 is 39.5 Å². The minimum atomic E-state index is -4.95. The molecule has 0 fully saturated rings. The summed E-state index contributed by atoms with van der Waals surface area (Å²) in [5.41, 5.74) is 0. The number of ether oxygens (including phenoxy) is 4. The molecule has 558 valence electrons. The average molecular weight is 1380 g/mol. The molecule has 17 nitrogen and oxygen atoms in total. The summed E-state index contributed by atoms with van der Waals surface area (Å²) in [6, 6.07) is 0. The van der Waals surface area contributed by atoms with Crippen LogP contribution in [0.15, 0.2) is 0 Å². The van der Waals surface area contributed by atoms with E-state index in [1.54, 1.807) is 0 Å². The van der Waals surface area contributed by atoms with Crippen LogP contribution in [-0.4, -0.2) is 96.7 Å². The van der Waals surface area contributed by atoms with Crippen molar-refractivity contribution < 1.29 is 80.2 Å². The molecule has 0 rings (SSSR count). The predicted molar refractivity (Wildman–Crippen MR) is 382 cm³/mol. The minimum absolute atomic E-state index is 0.108.